The number of hydrogen-bond donors (Lipinski definition) is 1. The Morgan fingerprint density at radius 3 is 2.44 bits per heavy atom. The molecule has 0 spiro atoms. The number of rotatable bonds is 5. The molecule has 3 aromatic heterocycles. The lowest BCUT2D eigenvalue weighted by Gasteiger charge is -2.38. The number of aryl methyl sites for hydroxylation is 1. The minimum atomic E-state index is -4.52. The largest absolute Gasteiger partial charge is 0.409 e. The summed E-state index contributed by atoms with van der Waals surface area (Å²) in [7, 11) is 2.20. The van der Waals surface area contributed by atoms with Gasteiger partial charge >= 0.3 is 6.18 Å². The molecular weight excluding hydrogens is 543 g/mol. The lowest BCUT2D eigenvalue weighted by Crippen LogP contribution is -2.51. The summed E-state index contributed by atoms with van der Waals surface area (Å²) in [5.74, 6) is -1.08. The quantitative estimate of drug-likeness (QED) is 0.329. The van der Waals surface area contributed by atoms with E-state index in [9.17, 15) is 17.6 Å². The molecule has 3 aliphatic rings. The molecule has 0 amide bonds. The molecule has 2 bridgehead atoms. The number of pyridine rings is 1. The van der Waals surface area contributed by atoms with Crippen LogP contribution in [0.3, 0.4) is 0 Å². The van der Waals surface area contributed by atoms with E-state index in [0.717, 1.165) is 42.0 Å². The number of anilines is 2. The second-order valence-corrected chi connectivity index (χ2v) is 11.1. The average Bonchev–Trinajstić information content (AvgIpc) is 3.56. The van der Waals surface area contributed by atoms with Crippen molar-refractivity contribution >= 4 is 22.8 Å². The number of fused-ring (bicyclic) bond motifs is 5. The van der Waals surface area contributed by atoms with Crippen LogP contribution in [0.15, 0.2) is 36.7 Å². The highest BCUT2D eigenvalue weighted by Gasteiger charge is 2.46. The highest BCUT2D eigenvalue weighted by Crippen LogP contribution is 2.42. The van der Waals surface area contributed by atoms with Crippen molar-refractivity contribution in [3.05, 3.63) is 59.7 Å². The molecule has 1 N–H and O–H groups in total. The van der Waals surface area contributed by atoms with Crippen molar-refractivity contribution in [2.45, 2.75) is 56.5 Å². The molecule has 3 atom stereocenters. The minimum absolute atomic E-state index is 0.0158. The van der Waals surface area contributed by atoms with Crippen LogP contribution in [0.25, 0.3) is 22.3 Å². The third-order valence-corrected chi connectivity index (χ3v) is 8.56. The third kappa shape index (κ3) is 4.70. The maximum absolute atomic E-state index is 15.0. The molecular formula is C28H27F5N8. The van der Waals surface area contributed by atoms with Crippen molar-refractivity contribution in [1.29, 1.82) is 0 Å². The summed E-state index contributed by atoms with van der Waals surface area (Å²) in [5, 5.41) is 2.94. The number of alkyl halides is 3. The standard InChI is InChI=1S/C28H27F5N8/c1-39-17-3-4-18(39)14-40(13-17)12-15-2-6-23(34-10-15)36-27-35-11-20(30)25(38-27)16-8-19(29)26-21(9-16)41-22(28(31,32)33)5-7-24(41)37-26/h2,6,8-11,17-18,22H,3-5,7,12-14H2,1H3,(H,34,35,36,38)/t17?,18?,22-/m0/s1. The zero-order valence-corrected chi connectivity index (χ0v) is 22.2. The van der Waals surface area contributed by atoms with E-state index in [-0.39, 0.29) is 46.9 Å². The van der Waals surface area contributed by atoms with Gasteiger partial charge in [-0.15, -0.1) is 0 Å². The maximum Gasteiger partial charge on any atom is 0.409 e. The van der Waals surface area contributed by atoms with E-state index in [4.69, 9.17) is 0 Å². The Bertz CT molecular complexity index is 1600. The number of nitrogens with zero attached hydrogens (tertiary/aromatic N) is 7. The van der Waals surface area contributed by atoms with Gasteiger partial charge in [-0.05, 0) is 50.1 Å². The summed E-state index contributed by atoms with van der Waals surface area (Å²) in [5.41, 5.74) is 0.570. The van der Waals surface area contributed by atoms with E-state index in [1.165, 1.54) is 18.9 Å². The van der Waals surface area contributed by atoms with Gasteiger partial charge in [-0.25, -0.2) is 28.7 Å². The molecule has 6 heterocycles. The Hall–Kier alpha value is -3.71. The number of nitrogens with one attached hydrogen (secondary N) is 1. The highest BCUT2D eigenvalue weighted by atomic mass is 19.4. The summed E-state index contributed by atoms with van der Waals surface area (Å²) < 4.78 is 71.8. The third-order valence-electron chi connectivity index (χ3n) is 8.56. The fourth-order valence-electron chi connectivity index (χ4n) is 6.49. The van der Waals surface area contributed by atoms with Crippen LogP contribution in [0.4, 0.5) is 33.7 Å². The summed E-state index contributed by atoms with van der Waals surface area (Å²) in [6.07, 6.45) is 0.553. The Balaban J connectivity index is 1.12. The van der Waals surface area contributed by atoms with Gasteiger partial charge in [-0.1, -0.05) is 6.07 Å². The molecule has 2 fully saturated rings. The van der Waals surface area contributed by atoms with E-state index >= 15 is 4.39 Å². The molecule has 214 valence electrons. The number of piperazine rings is 1. The number of likely N-dealkylation sites (tertiary alicyclic amines) is 1. The minimum Gasteiger partial charge on any atom is -0.316 e. The van der Waals surface area contributed by atoms with Crippen molar-refractivity contribution in [3.8, 4) is 11.3 Å². The first-order chi connectivity index (χ1) is 19.6. The highest BCUT2D eigenvalue weighted by molar-refractivity contribution is 5.83. The first kappa shape index (κ1) is 26.2. The molecule has 13 heteroatoms. The Morgan fingerprint density at radius 1 is 0.951 bits per heavy atom. The van der Waals surface area contributed by atoms with Gasteiger partial charge in [0.05, 0.1) is 11.7 Å². The van der Waals surface area contributed by atoms with Crippen molar-refractivity contribution in [1.82, 2.24) is 34.3 Å². The van der Waals surface area contributed by atoms with Gasteiger partial charge in [0.2, 0.25) is 5.95 Å². The van der Waals surface area contributed by atoms with Gasteiger partial charge in [0.1, 0.15) is 28.9 Å². The van der Waals surface area contributed by atoms with Gasteiger partial charge < -0.3 is 9.88 Å². The second kappa shape index (κ2) is 9.69. The van der Waals surface area contributed by atoms with Gasteiger partial charge in [0.25, 0.3) is 0 Å². The van der Waals surface area contributed by atoms with Crippen LogP contribution < -0.4 is 5.32 Å². The molecule has 2 saturated heterocycles. The number of likely N-dealkylation sites (N-methyl/N-ethyl adjacent to an activating group) is 1. The molecule has 41 heavy (non-hydrogen) atoms. The SMILES string of the molecule is CN1C2CCC1CN(Cc1ccc(Nc3ncc(F)c(-c4cc(F)c5nc6n(c5c4)[C@H](C(F)(F)F)CC6)n3)nc1)C2. The van der Waals surface area contributed by atoms with Gasteiger partial charge in [-0.3, -0.25) is 9.80 Å². The topological polar surface area (TPSA) is 75.0 Å². The van der Waals surface area contributed by atoms with Crippen LogP contribution in [0, 0.1) is 11.6 Å². The van der Waals surface area contributed by atoms with Crippen LogP contribution in [-0.4, -0.2) is 72.7 Å². The van der Waals surface area contributed by atoms with Crippen LogP contribution in [-0.2, 0) is 13.0 Å². The molecule has 1 aromatic carbocycles. The number of aromatic nitrogens is 5. The molecule has 4 aromatic rings. The molecule has 0 saturated carbocycles. The van der Waals surface area contributed by atoms with Crippen molar-refractivity contribution < 1.29 is 22.0 Å². The van der Waals surface area contributed by atoms with Crippen LogP contribution in [0.2, 0.25) is 0 Å². The lowest BCUT2D eigenvalue weighted by atomic mass is 10.1. The zero-order chi connectivity index (χ0) is 28.5. The Morgan fingerprint density at radius 2 is 1.73 bits per heavy atom. The van der Waals surface area contributed by atoms with E-state index in [2.05, 4.69) is 42.1 Å². The number of imidazole rings is 1. The molecule has 0 radical (unpaired) electrons. The molecule has 7 rings (SSSR count). The predicted octanol–water partition coefficient (Wildman–Crippen LogP) is 5.24. The summed E-state index contributed by atoms with van der Waals surface area (Å²) in [6, 6.07) is 5.45. The first-order valence-corrected chi connectivity index (χ1v) is 13.6. The van der Waals surface area contributed by atoms with E-state index in [1.807, 2.05) is 6.07 Å². The van der Waals surface area contributed by atoms with Gasteiger partial charge in [-0.2, -0.15) is 13.2 Å². The van der Waals surface area contributed by atoms with Crippen molar-refractivity contribution in [3.63, 3.8) is 0 Å². The number of halogens is 5. The number of benzene rings is 1. The lowest BCUT2D eigenvalue weighted by molar-refractivity contribution is -0.164. The molecule has 8 nitrogen and oxygen atoms in total. The summed E-state index contributed by atoms with van der Waals surface area (Å²) >= 11 is 0. The van der Waals surface area contributed by atoms with Crippen LogP contribution in [0.1, 0.15) is 36.7 Å². The summed E-state index contributed by atoms with van der Waals surface area (Å²) in [4.78, 5) is 21.6. The number of hydrogen-bond acceptors (Lipinski definition) is 7. The fraction of sp³-hybridized carbons (Fsp3) is 0.429. The zero-order valence-electron chi connectivity index (χ0n) is 22.2. The van der Waals surface area contributed by atoms with Crippen molar-refractivity contribution in [2.75, 3.05) is 25.5 Å². The van der Waals surface area contributed by atoms with Crippen LogP contribution in [0.5, 0.6) is 0 Å². The van der Waals surface area contributed by atoms with E-state index < -0.39 is 23.9 Å². The Labute approximate surface area is 232 Å². The monoisotopic (exact) mass is 570 g/mol. The van der Waals surface area contributed by atoms with Crippen molar-refractivity contribution in [2.24, 2.45) is 0 Å². The Kier molecular flexibility index (Phi) is 6.19. The summed E-state index contributed by atoms with van der Waals surface area (Å²) in [6.45, 7) is 2.86. The van der Waals surface area contributed by atoms with E-state index in [0.29, 0.717) is 17.9 Å². The van der Waals surface area contributed by atoms with E-state index in [1.54, 1.807) is 12.3 Å². The van der Waals surface area contributed by atoms with Gasteiger partial charge in [0, 0.05) is 49.9 Å². The smallest absolute Gasteiger partial charge is 0.316 e. The first-order valence-electron chi connectivity index (χ1n) is 13.6. The maximum atomic E-state index is 15.0. The molecule has 2 unspecified atom stereocenters. The molecule has 0 aliphatic carbocycles. The van der Waals surface area contributed by atoms with Crippen LogP contribution >= 0.6 is 0 Å². The average molecular weight is 571 g/mol. The molecule has 3 aliphatic heterocycles. The fourth-order valence-corrected chi connectivity index (χ4v) is 6.49. The second-order valence-electron chi connectivity index (χ2n) is 11.1. The normalized spacial score (nSPS) is 22.9. The predicted molar refractivity (Wildman–Crippen MR) is 141 cm³/mol. The van der Waals surface area contributed by atoms with Gasteiger partial charge in [0.15, 0.2) is 11.6 Å².